The molecule has 15 heavy (non-hydrogen) atoms. The molecule has 6 heteroatoms. The molecular weight excluding hydrogens is 198 g/mol. The summed E-state index contributed by atoms with van der Waals surface area (Å²) in [5.74, 6) is 0. The summed E-state index contributed by atoms with van der Waals surface area (Å²) in [6.07, 6.45) is -0.299. The third-order valence-electron chi connectivity index (χ3n) is 2.12. The van der Waals surface area contributed by atoms with Crippen molar-refractivity contribution in [1.29, 1.82) is 0 Å². The van der Waals surface area contributed by atoms with E-state index in [9.17, 15) is 10.1 Å². The van der Waals surface area contributed by atoms with Crippen LogP contribution >= 0.6 is 0 Å². The van der Waals surface area contributed by atoms with Gasteiger partial charge in [-0.15, -0.1) is 0 Å². The Labute approximate surface area is 86.4 Å². The van der Waals surface area contributed by atoms with Gasteiger partial charge in [-0.25, -0.2) is 0 Å². The van der Waals surface area contributed by atoms with Crippen LogP contribution in [0.3, 0.4) is 0 Å². The molecule has 0 radical (unpaired) electrons. The van der Waals surface area contributed by atoms with Gasteiger partial charge in [-0.05, 0) is 13.0 Å². The number of benzene rings is 1. The van der Waals surface area contributed by atoms with Gasteiger partial charge in [-0.3, -0.25) is 10.1 Å². The Hall–Kier alpha value is -1.82. The summed E-state index contributed by atoms with van der Waals surface area (Å²) >= 11 is 0. The molecule has 0 saturated heterocycles. The maximum atomic E-state index is 10.5. The van der Waals surface area contributed by atoms with E-state index in [4.69, 9.17) is 4.74 Å². The molecule has 0 amide bonds. The zero-order chi connectivity index (χ0) is 10.8. The minimum Gasteiger partial charge on any atom is -0.341 e. The fourth-order valence-electron chi connectivity index (χ4n) is 1.46. The van der Waals surface area contributed by atoms with E-state index in [2.05, 4.69) is 10.6 Å². The first-order valence-electron chi connectivity index (χ1n) is 4.64. The van der Waals surface area contributed by atoms with Crippen LogP contribution in [0.5, 0.6) is 0 Å². The zero-order valence-corrected chi connectivity index (χ0v) is 8.19. The maximum absolute atomic E-state index is 10.5. The lowest BCUT2D eigenvalue weighted by Gasteiger charge is -2.10. The molecule has 1 aromatic rings. The van der Waals surface area contributed by atoms with E-state index in [1.54, 1.807) is 6.07 Å². The highest BCUT2D eigenvalue weighted by atomic mass is 16.6. The summed E-state index contributed by atoms with van der Waals surface area (Å²) in [5.41, 5.74) is 1.59. The summed E-state index contributed by atoms with van der Waals surface area (Å²) in [7, 11) is 0. The summed E-state index contributed by atoms with van der Waals surface area (Å²) < 4.78 is 5.29. The molecule has 1 aliphatic heterocycles. The molecule has 0 spiro atoms. The predicted octanol–water partition coefficient (Wildman–Crippen LogP) is 1.75. The number of hydrogen-bond donors (Lipinski definition) is 2. The molecule has 0 aromatic heterocycles. The molecule has 6 nitrogen and oxygen atoms in total. The van der Waals surface area contributed by atoms with Crippen LogP contribution in [0.2, 0.25) is 0 Å². The van der Waals surface area contributed by atoms with Crippen molar-refractivity contribution in [1.82, 2.24) is 0 Å². The number of fused-ring (bicyclic) bond motifs is 1. The number of ether oxygens (including phenoxy) is 1. The number of nitrogens with zero attached hydrogens (tertiary/aromatic N) is 1. The smallest absolute Gasteiger partial charge is 0.271 e. The number of hydrogen-bond acceptors (Lipinski definition) is 5. The molecular formula is C9H11N3O3. The fourth-order valence-corrected chi connectivity index (χ4v) is 1.46. The molecule has 1 heterocycles. The quantitative estimate of drug-likeness (QED) is 0.585. The summed E-state index contributed by atoms with van der Waals surface area (Å²) in [6.45, 7) is 2.45. The lowest BCUT2D eigenvalue weighted by atomic mass is 10.2. The van der Waals surface area contributed by atoms with Gasteiger partial charge in [-0.1, -0.05) is 0 Å². The normalized spacial score (nSPS) is 17.8. The number of nitro benzene ring substituents is 1. The average Bonchev–Trinajstić information content (AvgIpc) is 2.59. The second-order valence-electron chi connectivity index (χ2n) is 3.11. The number of rotatable bonds is 3. The maximum Gasteiger partial charge on any atom is 0.271 e. The molecule has 1 aromatic carbocycles. The van der Waals surface area contributed by atoms with Gasteiger partial charge in [0.05, 0.1) is 16.3 Å². The van der Waals surface area contributed by atoms with Crippen LogP contribution in [0.25, 0.3) is 0 Å². The largest absolute Gasteiger partial charge is 0.341 e. The van der Waals surface area contributed by atoms with Gasteiger partial charge in [0, 0.05) is 18.7 Å². The molecule has 1 aliphatic rings. The first-order valence-corrected chi connectivity index (χ1v) is 4.64. The van der Waals surface area contributed by atoms with Gasteiger partial charge in [0.2, 0.25) is 6.35 Å². The third kappa shape index (κ3) is 1.84. The van der Waals surface area contributed by atoms with E-state index < -0.39 is 4.92 Å². The van der Waals surface area contributed by atoms with Crippen molar-refractivity contribution in [3.8, 4) is 0 Å². The minimum absolute atomic E-state index is 0.0696. The molecule has 2 rings (SSSR count). The van der Waals surface area contributed by atoms with E-state index in [0.29, 0.717) is 12.3 Å². The molecule has 2 N–H and O–H groups in total. The van der Waals surface area contributed by atoms with Crippen LogP contribution < -0.4 is 10.6 Å². The van der Waals surface area contributed by atoms with E-state index in [1.807, 2.05) is 6.92 Å². The Morgan fingerprint density at radius 1 is 1.47 bits per heavy atom. The lowest BCUT2D eigenvalue weighted by Crippen LogP contribution is -2.25. The van der Waals surface area contributed by atoms with Gasteiger partial charge in [0.15, 0.2) is 0 Å². The zero-order valence-electron chi connectivity index (χ0n) is 8.19. The Bertz CT molecular complexity index is 394. The van der Waals surface area contributed by atoms with Gasteiger partial charge in [-0.2, -0.15) is 0 Å². The van der Waals surface area contributed by atoms with Gasteiger partial charge in [0.1, 0.15) is 0 Å². The van der Waals surface area contributed by atoms with Crippen LogP contribution in [-0.4, -0.2) is 17.9 Å². The number of nitrogens with one attached hydrogen (secondary N) is 2. The third-order valence-corrected chi connectivity index (χ3v) is 2.12. The van der Waals surface area contributed by atoms with E-state index in [-0.39, 0.29) is 12.0 Å². The standard InChI is InChI=1S/C9H11N3O3/c1-2-15-9-10-7-4-3-6(12(13)14)5-8(7)11-9/h3-5,9-11H,2H2,1H3. The SMILES string of the molecule is CCOC1Nc2ccc([N+](=O)[O-])cc2N1. The van der Waals surface area contributed by atoms with Crippen molar-refractivity contribution in [2.45, 2.75) is 13.3 Å². The Balaban J connectivity index is 2.20. The number of anilines is 2. The molecule has 0 aliphatic carbocycles. The lowest BCUT2D eigenvalue weighted by molar-refractivity contribution is -0.384. The minimum atomic E-state index is -0.421. The van der Waals surface area contributed by atoms with Crippen LogP contribution in [0.4, 0.5) is 17.1 Å². The monoisotopic (exact) mass is 209 g/mol. The van der Waals surface area contributed by atoms with E-state index >= 15 is 0 Å². The van der Waals surface area contributed by atoms with Gasteiger partial charge in [0.25, 0.3) is 5.69 Å². The molecule has 0 saturated carbocycles. The summed E-state index contributed by atoms with van der Waals surface area (Å²) in [4.78, 5) is 10.1. The van der Waals surface area contributed by atoms with Crippen molar-refractivity contribution in [3.05, 3.63) is 28.3 Å². The van der Waals surface area contributed by atoms with Crippen molar-refractivity contribution >= 4 is 17.1 Å². The van der Waals surface area contributed by atoms with Crippen LogP contribution in [0.15, 0.2) is 18.2 Å². The summed E-state index contributed by atoms with van der Waals surface area (Å²) in [6, 6.07) is 4.61. The Morgan fingerprint density at radius 2 is 2.20 bits per heavy atom. The molecule has 1 unspecified atom stereocenters. The highest BCUT2D eigenvalue weighted by molar-refractivity contribution is 5.76. The van der Waals surface area contributed by atoms with Crippen molar-refractivity contribution in [2.75, 3.05) is 17.2 Å². The van der Waals surface area contributed by atoms with Gasteiger partial charge >= 0.3 is 0 Å². The first-order chi connectivity index (χ1) is 7.20. The van der Waals surface area contributed by atoms with Crippen molar-refractivity contribution in [3.63, 3.8) is 0 Å². The van der Waals surface area contributed by atoms with E-state index in [1.165, 1.54) is 12.1 Å². The van der Waals surface area contributed by atoms with Gasteiger partial charge < -0.3 is 15.4 Å². The molecule has 80 valence electrons. The number of nitro groups is 1. The topological polar surface area (TPSA) is 76.4 Å². The first kappa shape index (κ1) is 9.72. The molecule has 0 bridgehead atoms. The highest BCUT2D eigenvalue weighted by Gasteiger charge is 2.21. The Morgan fingerprint density at radius 3 is 2.87 bits per heavy atom. The second-order valence-corrected chi connectivity index (χ2v) is 3.11. The molecule has 0 fully saturated rings. The molecule has 1 atom stereocenters. The summed E-state index contributed by atoms with van der Waals surface area (Å²) in [5, 5.41) is 16.6. The Kier molecular flexibility index (Phi) is 2.42. The van der Waals surface area contributed by atoms with E-state index in [0.717, 1.165) is 5.69 Å². The highest BCUT2D eigenvalue weighted by Crippen LogP contribution is 2.32. The number of non-ortho nitro benzene ring substituents is 1. The van der Waals surface area contributed by atoms with Crippen molar-refractivity contribution < 1.29 is 9.66 Å². The predicted molar refractivity (Wildman–Crippen MR) is 55.8 cm³/mol. The van der Waals surface area contributed by atoms with Crippen LogP contribution in [0, 0.1) is 10.1 Å². The fraction of sp³-hybridized carbons (Fsp3) is 0.333. The van der Waals surface area contributed by atoms with Crippen LogP contribution in [0.1, 0.15) is 6.92 Å². The average molecular weight is 209 g/mol. The van der Waals surface area contributed by atoms with Crippen molar-refractivity contribution in [2.24, 2.45) is 0 Å². The second kappa shape index (κ2) is 3.74. The van der Waals surface area contributed by atoms with Crippen LogP contribution in [-0.2, 0) is 4.74 Å².